The number of hydrogen-bond acceptors (Lipinski definition) is 5. The number of amides is 2. The minimum atomic E-state index is -0.254. The molecule has 0 bridgehead atoms. The largest absolute Gasteiger partial charge is 0.333 e. The molecule has 0 unspecified atom stereocenters. The van der Waals surface area contributed by atoms with Crippen LogP contribution in [0.2, 0.25) is 0 Å². The average Bonchev–Trinajstić information content (AvgIpc) is 3.20. The lowest BCUT2D eigenvalue weighted by Crippen LogP contribution is -2.38. The minimum absolute atomic E-state index is 0.0272. The van der Waals surface area contributed by atoms with Crippen molar-refractivity contribution in [3.63, 3.8) is 0 Å². The van der Waals surface area contributed by atoms with Crippen LogP contribution in [0.4, 0.5) is 9.93 Å². The summed E-state index contributed by atoms with van der Waals surface area (Å²) in [6, 6.07) is 1.58. The molecule has 3 rings (SSSR count). The number of anilines is 1. The monoisotopic (exact) mass is 334 g/mol. The number of nitrogens with zero attached hydrogens (tertiary/aromatic N) is 4. The number of nitrogens with one attached hydrogen (secondary N) is 2. The summed E-state index contributed by atoms with van der Waals surface area (Å²) in [6.07, 6.45) is 9.80. The molecule has 23 heavy (non-hydrogen) atoms. The molecule has 2 aromatic rings. The van der Waals surface area contributed by atoms with Crippen LogP contribution in [-0.2, 0) is 6.54 Å². The predicted molar refractivity (Wildman–Crippen MR) is 89.6 cm³/mol. The minimum Gasteiger partial charge on any atom is -0.333 e. The molecule has 1 aliphatic rings. The van der Waals surface area contributed by atoms with E-state index in [-0.39, 0.29) is 12.1 Å². The number of carbonyl (C=O) groups is 1. The lowest BCUT2D eigenvalue weighted by atomic mass is 9.90. The normalized spacial score (nSPS) is 16.9. The second kappa shape index (κ2) is 7.54. The average molecular weight is 334 g/mol. The first kappa shape index (κ1) is 15.9. The Balaban J connectivity index is 1.48. The third-order valence-corrected chi connectivity index (χ3v) is 5.01. The number of rotatable bonds is 5. The van der Waals surface area contributed by atoms with Gasteiger partial charge in [0.15, 0.2) is 0 Å². The summed E-state index contributed by atoms with van der Waals surface area (Å²) in [5.41, 5.74) is 0. The molecule has 0 aliphatic heterocycles. The SMILES string of the molecule is C[C@@H](Cn1cccn1)NC(=O)Nc1nnc(C2CCCCC2)s1. The van der Waals surface area contributed by atoms with Crippen molar-refractivity contribution < 1.29 is 4.79 Å². The second-order valence-corrected chi connectivity index (χ2v) is 7.02. The first-order valence-corrected chi connectivity index (χ1v) is 8.90. The van der Waals surface area contributed by atoms with Gasteiger partial charge in [0.2, 0.25) is 5.13 Å². The Morgan fingerprint density at radius 1 is 1.39 bits per heavy atom. The molecule has 2 amide bonds. The van der Waals surface area contributed by atoms with E-state index in [1.807, 2.05) is 19.2 Å². The van der Waals surface area contributed by atoms with Gasteiger partial charge in [-0.15, -0.1) is 10.2 Å². The van der Waals surface area contributed by atoms with Gasteiger partial charge in [-0.2, -0.15) is 5.10 Å². The van der Waals surface area contributed by atoms with Gasteiger partial charge in [-0.05, 0) is 25.8 Å². The molecule has 1 aliphatic carbocycles. The zero-order valence-corrected chi connectivity index (χ0v) is 14.1. The molecule has 1 fully saturated rings. The highest BCUT2D eigenvalue weighted by Gasteiger charge is 2.20. The third kappa shape index (κ3) is 4.51. The Morgan fingerprint density at radius 2 is 2.22 bits per heavy atom. The molecule has 0 spiro atoms. The molecule has 0 radical (unpaired) electrons. The fourth-order valence-corrected chi connectivity index (χ4v) is 3.80. The lowest BCUT2D eigenvalue weighted by Gasteiger charge is -2.18. The Morgan fingerprint density at radius 3 is 2.96 bits per heavy atom. The van der Waals surface area contributed by atoms with Gasteiger partial charge in [0.05, 0.1) is 6.54 Å². The van der Waals surface area contributed by atoms with E-state index in [4.69, 9.17) is 0 Å². The highest BCUT2D eigenvalue weighted by molar-refractivity contribution is 7.15. The maximum Gasteiger partial charge on any atom is 0.321 e. The van der Waals surface area contributed by atoms with Gasteiger partial charge in [0.25, 0.3) is 0 Å². The lowest BCUT2D eigenvalue weighted by molar-refractivity contribution is 0.247. The summed E-state index contributed by atoms with van der Waals surface area (Å²) in [5, 5.41) is 19.7. The fraction of sp³-hybridized carbons (Fsp3) is 0.600. The van der Waals surface area contributed by atoms with E-state index < -0.39 is 0 Å². The highest BCUT2D eigenvalue weighted by atomic mass is 32.1. The standard InChI is InChI=1S/C15H22N6OS/c1-11(10-21-9-5-8-16-21)17-14(22)18-15-20-19-13(23-15)12-6-3-2-4-7-12/h5,8-9,11-12H,2-4,6-7,10H2,1H3,(H2,17,18,20,22)/t11-/m0/s1. The fourth-order valence-electron chi connectivity index (χ4n) is 2.89. The summed E-state index contributed by atoms with van der Waals surface area (Å²) >= 11 is 1.49. The first-order chi connectivity index (χ1) is 11.2. The Kier molecular flexibility index (Phi) is 5.22. The van der Waals surface area contributed by atoms with Crippen LogP contribution in [0.1, 0.15) is 50.0 Å². The zero-order valence-electron chi connectivity index (χ0n) is 13.2. The maximum absolute atomic E-state index is 12.0. The molecule has 2 N–H and O–H groups in total. The molecule has 8 heteroatoms. The summed E-state index contributed by atoms with van der Waals surface area (Å²) in [4.78, 5) is 12.0. The molecule has 1 atom stereocenters. The molecule has 124 valence electrons. The molecule has 0 aromatic carbocycles. The molecule has 2 aromatic heterocycles. The van der Waals surface area contributed by atoms with Crippen LogP contribution in [0, 0.1) is 0 Å². The first-order valence-electron chi connectivity index (χ1n) is 8.09. The van der Waals surface area contributed by atoms with E-state index in [1.165, 1.54) is 43.4 Å². The van der Waals surface area contributed by atoms with E-state index in [9.17, 15) is 4.79 Å². The predicted octanol–water partition coefficient (Wildman–Crippen LogP) is 2.99. The van der Waals surface area contributed by atoms with Crippen LogP contribution in [-0.4, -0.2) is 32.1 Å². The van der Waals surface area contributed by atoms with Crippen molar-refractivity contribution in [2.45, 2.75) is 57.5 Å². The van der Waals surface area contributed by atoms with Crippen molar-refractivity contribution in [3.05, 3.63) is 23.5 Å². The smallest absolute Gasteiger partial charge is 0.321 e. The number of carbonyl (C=O) groups excluding carboxylic acids is 1. The Labute approximate surface area is 139 Å². The number of aromatic nitrogens is 4. The van der Waals surface area contributed by atoms with Crippen molar-refractivity contribution in [1.29, 1.82) is 0 Å². The molecule has 1 saturated carbocycles. The summed E-state index contributed by atoms with van der Waals surface area (Å²) < 4.78 is 1.79. The van der Waals surface area contributed by atoms with Crippen LogP contribution >= 0.6 is 11.3 Å². The van der Waals surface area contributed by atoms with Crippen LogP contribution in [0.3, 0.4) is 0 Å². The van der Waals surface area contributed by atoms with E-state index in [0.29, 0.717) is 17.6 Å². The van der Waals surface area contributed by atoms with E-state index in [2.05, 4.69) is 25.9 Å². The number of urea groups is 1. The molecule has 7 nitrogen and oxygen atoms in total. The van der Waals surface area contributed by atoms with E-state index in [1.54, 1.807) is 10.9 Å². The van der Waals surface area contributed by atoms with Crippen LogP contribution < -0.4 is 10.6 Å². The van der Waals surface area contributed by atoms with Crippen molar-refractivity contribution in [2.24, 2.45) is 0 Å². The van der Waals surface area contributed by atoms with Crippen molar-refractivity contribution in [3.8, 4) is 0 Å². The maximum atomic E-state index is 12.0. The van der Waals surface area contributed by atoms with Crippen LogP contribution in [0.5, 0.6) is 0 Å². The summed E-state index contributed by atoms with van der Waals surface area (Å²) in [6.45, 7) is 2.57. The second-order valence-electron chi connectivity index (χ2n) is 6.01. The van der Waals surface area contributed by atoms with Gasteiger partial charge < -0.3 is 5.32 Å². The molecule has 2 heterocycles. The Hall–Kier alpha value is -1.96. The van der Waals surface area contributed by atoms with Crippen molar-refractivity contribution in [1.82, 2.24) is 25.3 Å². The van der Waals surface area contributed by atoms with Gasteiger partial charge in [-0.3, -0.25) is 10.00 Å². The molecular weight excluding hydrogens is 312 g/mol. The summed E-state index contributed by atoms with van der Waals surface area (Å²) in [7, 11) is 0. The van der Waals surface area contributed by atoms with Gasteiger partial charge in [0, 0.05) is 24.4 Å². The Bertz CT molecular complexity index is 620. The van der Waals surface area contributed by atoms with Gasteiger partial charge in [0.1, 0.15) is 5.01 Å². The van der Waals surface area contributed by atoms with Gasteiger partial charge in [-0.1, -0.05) is 30.6 Å². The summed E-state index contributed by atoms with van der Waals surface area (Å²) in [5.74, 6) is 0.513. The quantitative estimate of drug-likeness (QED) is 0.880. The third-order valence-electron chi connectivity index (χ3n) is 4.01. The van der Waals surface area contributed by atoms with Crippen LogP contribution in [0.15, 0.2) is 18.5 Å². The van der Waals surface area contributed by atoms with Crippen molar-refractivity contribution in [2.75, 3.05) is 5.32 Å². The van der Waals surface area contributed by atoms with E-state index in [0.717, 1.165) is 5.01 Å². The zero-order chi connectivity index (χ0) is 16.1. The molecular formula is C15H22N6OS. The topological polar surface area (TPSA) is 84.7 Å². The van der Waals surface area contributed by atoms with Gasteiger partial charge in [-0.25, -0.2) is 4.79 Å². The highest BCUT2D eigenvalue weighted by Crippen LogP contribution is 2.35. The van der Waals surface area contributed by atoms with E-state index >= 15 is 0 Å². The molecule has 0 saturated heterocycles. The van der Waals surface area contributed by atoms with Gasteiger partial charge >= 0.3 is 6.03 Å². The number of hydrogen-bond donors (Lipinski definition) is 2. The van der Waals surface area contributed by atoms with Crippen molar-refractivity contribution >= 4 is 22.5 Å². The van der Waals surface area contributed by atoms with Crippen LogP contribution in [0.25, 0.3) is 0 Å².